The molecular weight excluding hydrogens is 326 g/mol. The Kier molecular flexibility index (Phi) is 7.58. The summed E-state index contributed by atoms with van der Waals surface area (Å²) in [6.45, 7) is 0.213. The number of aromatic nitrogens is 1. The number of hydrogen-bond acceptors (Lipinski definition) is 6. The van der Waals surface area contributed by atoms with Gasteiger partial charge in [-0.05, 0) is 48.3 Å². The second-order valence-corrected chi connectivity index (χ2v) is 6.03. The highest BCUT2D eigenvalue weighted by Gasteiger charge is 2.18. The quantitative estimate of drug-likeness (QED) is 0.645. The Labute approximate surface area is 146 Å². The van der Waals surface area contributed by atoms with Crippen LogP contribution < -0.4 is 4.74 Å². The van der Waals surface area contributed by atoms with E-state index in [9.17, 15) is 4.79 Å². The Balaban J connectivity index is 1.84. The molecule has 0 spiro atoms. The van der Waals surface area contributed by atoms with Crippen molar-refractivity contribution >= 4 is 17.7 Å². The molecule has 1 heterocycles. The fourth-order valence-corrected chi connectivity index (χ4v) is 2.45. The summed E-state index contributed by atoms with van der Waals surface area (Å²) in [4.78, 5) is 16.0. The van der Waals surface area contributed by atoms with Gasteiger partial charge in [-0.25, -0.2) is 4.79 Å². The number of rotatable bonds is 9. The van der Waals surface area contributed by atoms with E-state index in [0.717, 1.165) is 11.3 Å². The third kappa shape index (κ3) is 5.86. The van der Waals surface area contributed by atoms with Crippen LogP contribution in [0.5, 0.6) is 11.5 Å². The van der Waals surface area contributed by atoms with Crippen molar-refractivity contribution < 1.29 is 19.0 Å². The SMILES string of the molecule is COC(CCSC)C(=O)OCc1ccc(Oc2cccnc2)cc1. The average Bonchev–Trinajstić information content (AvgIpc) is 2.62. The molecule has 128 valence electrons. The Morgan fingerprint density at radius 2 is 2.00 bits per heavy atom. The first kappa shape index (κ1) is 18.3. The fraction of sp³-hybridized carbons (Fsp3) is 0.333. The molecule has 0 radical (unpaired) electrons. The van der Waals surface area contributed by atoms with Gasteiger partial charge in [0.25, 0.3) is 0 Å². The summed E-state index contributed by atoms with van der Waals surface area (Å²) in [7, 11) is 1.52. The first-order valence-electron chi connectivity index (χ1n) is 7.58. The molecule has 2 rings (SSSR count). The van der Waals surface area contributed by atoms with Gasteiger partial charge in [-0.2, -0.15) is 11.8 Å². The van der Waals surface area contributed by atoms with E-state index >= 15 is 0 Å². The Morgan fingerprint density at radius 1 is 1.21 bits per heavy atom. The predicted molar refractivity (Wildman–Crippen MR) is 94.3 cm³/mol. The van der Waals surface area contributed by atoms with Gasteiger partial charge in [0.2, 0.25) is 0 Å². The lowest BCUT2D eigenvalue weighted by Gasteiger charge is -2.14. The zero-order valence-corrected chi connectivity index (χ0v) is 14.6. The van der Waals surface area contributed by atoms with Crippen LogP contribution in [0.15, 0.2) is 48.8 Å². The lowest BCUT2D eigenvalue weighted by molar-refractivity contribution is -0.156. The molecular formula is C18H21NO4S. The first-order chi connectivity index (χ1) is 11.7. The molecule has 0 saturated heterocycles. The average molecular weight is 347 g/mol. The summed E-state index contributed by atoms with van der Waals surface area (Å²) in [5, 5.41) is 0. The van der Waals surface area contributed by atoms with Crippen molar-refractivity contribution in [3.05, 3.63) is 54.4 Å². The number of methoxy groups -OCH3 is 1. The van der Waals surface area contributed by atoms with Crippen LogP contribution in [0.1, 0.15) is 12.0 Å². The van der Waals surface area contributed by atoms with E-state index in [0.29, 0.717) is 17.9 Å². The van der Waals surface area contributed by atoms with Gasteiger partial charge in [0.1, 0.15) is 18.1 Å². The van der Waals surface area contributed by atoms with Crippen LogP contribution in [0, 0.1) is 0 Å². The van der Waals surface area contributed by atoms with Crippen LogP contribution >= 0.6 is 11.8 Å². The van der Waals surface area contributed by atoms with E-state index in [-0.39, 0.29) is 12.6 Å². The van der Waals surface area contributed by atoms with Crippen molar-refractivity contribution in [2.45, 2.75) is 19.1 Å². The highest BCUT2D eigenvalue weighted by molar-refractivity contribution is 7.98. The van der Waals surface area contributed by atoms with Gasteiger partial charge in [-0.15, -0.1) is 0 Å². The molecule has 1 unspecified atom stereocenters. The number of hydrogen-bond donors (Lipinski definition) is 0. The summed E-state index contributed by atoms with van der Waals surface area (Å²) in [6.07, 6.45) is 5.47. The van der Waals surface area contributed by atoms with E-state index in [1.807, 2.05) is 42.7 Å². The number of ether oxygens (including phenoxy) is 3. The number of pyridine rings is 1. The third-order valence-electron chi connectivity index (χ3n) is 3.31. The molecule has 5 nitrogen and oxygen atoms in total. The van der Waals surface area contributed by atoms with Gasteiger partial charge in [0.05, 0.1) is 6.20 Å². The van der Waals surface area contributed by atoms with Crippen LogP contribution in [-0.2, 0) is 20.9 Å². The second-order valence-electron chi connectivity index (χ2n) is 5.05. The van der Waals surface area contributed by atoms with Crippen molar-refractivity contribution in [3.63, 3.8) is 0 Å². The lowest BCUT2D eigenvalue weighted by Crippen LogP contribution is -2.26. The molecule has 0 aliphatic carbocycles. The zero-order chi connectivity index (χ0) is 17.2. The highest BCUT2D eigenvalue weighted by atomic mass is 32.2. The minimum absolute atomic E-state index is 0.213. The van der Waals surface area contributed by atoms with E-state index in [2.05, 4.69) is 4.98 Å². The molecule has 0 N–H and O–H groups in total. The normalized spacial score (nSPS) is 11.8. The number of thioether (sulfide) groups is 1. The third-order valence-corrected chi connectivity index (χ3v) is 3.95. The fourth-order valence-electron chi connectivity index (χ4n) is 2.00. The Bertz CT molecular complexity index is 619. The Hall–Kier alpha value is -2.05. The molecule has 1 aromatic carbocycles. The molecule has 2 aromatic rings. The standard InChI is InChI=1S/C18H21NO4S/c1-21-17(9-11-24-2)18(20)22-13-14-5-7-15(8-6-14)23-16-4-3-10-19-12-16/h3-8,10,12,17H,9,11,13H2,1-2H3. The summed E-state index contributed by atoms with van der Waals surface area (Å²) in [5.41, 5.74) is 0.890. The van der Waals surface area contributed by atoms with E-state index in [1.165, 1.54) is 7.11 Å². The van der Waals surface area contributed by atoms with Crippen LogP contribution in [0.2, 0.25) is 0 Å². The van der Waals surface area contributed by atoms with Crippen LogP contribution in [0.25, 0.3) is 0 Å². The maximum atomic E-state index is 12.0. The minimum atomic E-state index is -0.509. The number of carbonyl (C=O) groups excluding carboxylic acids is 1. The molecule has 0 saturated carbocycles. The number of benzene rings is 1. The Morgan fingerprint density at radius 3 is 2.62 bits per heavy atom. The van der Waals surface area contributed by atoms with Gasteiger partial charge in [-0.3, -0.25) is 4.98 Å². The van der Waals surface area contributed by atoms with Crippen LogP contribution in [0.4, 0.5) is 0 Å². The topological polar surface area (TPSA) is 57.7 Å². The molecule has 0 bridgehead atoms. The first-order valence-corrected chi connectivity index (χ1v) is 8.97. The maximum absolute atomic E-state index is 12.0. The molecule has 0 amide bonds. The summed E-state index contributed by atoms with van der Waals surface area (Å²) >= 11 is 1.67. The molecule has 0 aliphatic heterocycles. The van der Waals surface area contributed by atoms with Gasteiger partial charge in [0, 0.05) is 13.3 Å². The molecule has 0 fully saturated rings. The lowest BCUT2D eigenvalue weighted by atomic mass is 10.2. The second kappa shape index (κ2) is 9.95. The monoisotopic (exact) mass is 347 g/mol. The molecule has 0 aliphatic rings. The van der Waals surface area contributed by atoms with Gasteiger partial charge in [0.15, 0.2) is 6.10 Å². The summed E-state index contributed by atoms with van der Waals surface area (Å²) in [5.74, 6) is 1.90. The zero-order valence-electron chi connectivity index (χ0n) is 13.8. The number of carbonyl (C=O) groups is 1. The summed E-state index contributed by atoms with van der Waals surface area (Å²) in [6, 6.07) is 11.0. The van der Waals surface area contributed by atoms with Crippen molar-refractivity contribution in [3.8, 4) is 11.5 Å². The van der Waals surface area contributed by atoms with E-state index in [1.54, 1.807) is 24.2 Å². The maximum Gasteiger partial charge on any atom is 0.335 e. The molecule has 24 heavy (non-hydrogen) atoms. The van der Waals surface area contributed by atoms with Crippen molar-refractivity contribution in [1.29, 1.82) is 0 Å². The van der Waals surface area contributed by atoms with Crippen molar-refractivity contribution in [1.82, 2.24) is 4.98 Å². The predicted octanol–water partition coefficient (Wildman–Crippen LogP) is 3.69. The smallest absolute Gasteiger partial charge is 0.335 e. The minimum Gasteiger partial charge on any atom is -0.459 e. The summed E-state index contributed by atoms with van der Waals surface area (Å²) < 4.78 is 16.2. The van der Waals surface area contributed by atoms with Crippen LogP contribution in [0.3, 0.4) is 0 Å². The van der Waals surface area contributed by atoms with Crippen molar-refractivity contribution in [2.75, 3.05) is 19.1 Å². The number of esters is 1. The van der Waals surface area contributed by atoms with E-state index < -0.39 is 6.10 Å². The largest absolute Gasteiger partial charge is 0.459 e. The number of nitrogens with zero attached hydrogens (tertiary/aromatic N) is 1. The van der Waals surface area contributed by atoms with Gasteiger partial charge < -0.3 is 14.2 Å². The van der Waals surface area contributed by atoms with E-state index in [4.69, 9.17) is 14.2 Å². The molecule has 6 heteroatoms. The van der Waals surface area contributed by atoms with Gasteiger partial charge in [-0.1, -0.05) is 12.1 Å². The highest BCUT2D eigenvalue weighted by Crippen LogP contribution is 2.20. The molecule has 1 aromatic heterocycles. The molecule has 1 atom stereocenters. The van der Waals surface area contributed by atoms with Gasteiger partial charge >= 0.3 is 5.97 Å². The van der Waals surface area contributed by atoms with Crippen LogP contribution in [-0.4, -0.2) is 36.2 Å². The van der Waals surface area contributed by atoms with Crippen molar-refractivity contribution in [2.24, 2.45) is 0 Å².